The van der Waals surface area contributed by atoms with Gasteiger partial charge in [0.1, 0.15) is 23.5 Å². The Morgan fingerprint density at radius 1 is 1.21 bits per heavy atom. The highest BCUT2D eigenvalue weighted by molar-refractivity contribution is 6.02. The van der Waals surface area contributed by atoms with Crippen molar-refractivity contribution in [3.63, 3.8) is 0 Å². The number of nitrogens with zero attached hydrogens (tertiary/aromatic N) is 1. The second-order valence-corrected chi connectivity index (χ2v) is 11.1. The number of methoxy groups -OCH3 is 1. The van der Waals surface area contributed by atoms with Gasteiger partial charge in [-0.15, -0.1) is 0 Å². The Bertz CT molecular complexity index is 1230. The maximum atomic E-state index is 13.9. The van der Waals surface area contributed by atoms with Gasteiger partial charge in [0.05, 0.1) is 7.11 Å². The fourth-order valence-corrected chi connectivity index (χ4v) is 6.60. The standard InChI is InChI=1S/C28H37N5O5/c1-38-23-9-5-8-19-18(23)14-21(31-19)27(37)33-16-28(10-3-2-4-11-28)15-22(33)26(36)32-20(24(29)34)13-17-7-6-12-30-25(17)35/h5,8-9,14,17,20,22,31H,2-4,6-7,10-13,15-16H2,1H3,(H2,29,34)(H,30,35)(H,32,36)/t17-,20-,22?/m0/s1. The third-order valence-electron chi connectivity index (χ3n) is 8.64. The van der Waals surface area contributed by atoms with Crippen molar-refractivity contribution < 1.29 is 23.9 Å². The number of benzene rings is 1. The van der Waals surface area contributed by atoms with E-state index >= 15 is 0 Å². The van der Waals surface area contributed by atoms with Crippen LogP contribution in [0.5, 0.6) is 5.75 Å². The summed E-state index contributed by atoms with van der Waals surface area (Å²) in [5.74, 6) is -1.17. The smallest absolute Gasteiger partial charge is 0.271 e. The minimum absolute atomic E-state index is 0.120. The number of hydrogen-bond donors (Lipinski definition) is 4. The van der Waals surface area contributed by atoms with Crippen LogP contribution in [0.3, 0.4) is 0 Å². The van der Waals surface area contributed by atoms with Crippen LogP contribution in [0.2, 0.25) is 0 Å². The molecule has 2 aromatic rings. The molecular formula is C28H37N5O5. The van der Waals surface area contributed by atoms with Crippen molar-refractivity contribution in [1.82, 2.24) is 20.5 Å². The number of carbonyl (C=O) groups is 4. The summed E-state index contributed by atoms with van der Waals surface area (Å²) in [5, 5.41) is 6.42. The highest BCUT2D eigenvalue weighted by Crippen LogP contribution is 2.47. The fraction of sp³-hybridized carbons (Fsp3) is 0.571. The number of piperidine rings is 1. The molecule has 0 bridgehead atoms. The van der Waals surface area contributed by atoms with E-state index in [-0.39, 0.29) is 29.6 Å². The quantitative estimate of drug-likeness (QED) is 0.440. The molecule has 4 amide bonds. The predicted octanol–water partition coefficient (Wildman–Crippen LogP) is 2.23. The molecule has 38 heavy (non-hydrogen) atoms. The number of H-pyrrole nitrogens is 1. The molecule has 5 rings (SSSR count). The first-order chi connectivity index (χ1) is 18.3. The minimum atomic E-state index is -0.978. The Morgan fingerprint density at radius 3 is 2.71 bits per heavy atom. The van der Waals surface area contributed by atoms with Gasteiger partial charge in [0.25, 0.3) is 5.91 Å². The number of nitrogens with two attached hydrogens (primary N) is 1. The Labute approximate surface area is 222 Å². The summed E-state index contributed by atoms with van der Waals surface area (Å²) in [6.45, 7) is 1.10. The van der Waals surface area contributed by atoms with Gasteiger partial charge < -0.3 is 31.0 Å². The summed E-state index contributed by atoms with van der Waals surface area (Å²) in [6, 6.07) is 5.63. The molecule has 10 heteroatoms. The van der Waals surface area contributed by atoms with Crippen LogP contribution in [-0.4, -0.2) is 65.8 Å². The van der Waals surface area contributed by atoms with Gasteiger partial charge in [-0.05, 0) is 62.1 Å². The lowest BCUT2D eigenvalue weighted by atomic mass is 9.72. The van der Waals surface area contributed by atoms with Crippen LogP contribution >= 0.6 is 0 Å². The molecule has 1 saturated carbocycles. The summed E-state index contributed by atoms with van der Waals surface area (Å²) in [7, 11) is 1.59. The van der Waals surface area contributed by atoms with Crippen molar-refractivity contribution >= 4 is 34.5 Å². The topological polar surface area (TPSA) is 147 Å². The predicted molar refractivity (Wildman–Crippen MR) is 141 cm³/mol. The first kappa shape index (κ1) is 26.1. The lowest BCUT2D eigenvalue weighted by Gasteiger charge is -2.32. The molecule has 3 fully saturated rings. The van der Waals surface area contributed by atoms with Crippen molar-refractivity contribution in [1.29, 1.82) is 0 Å². The van der Waals surface area contributed by atoms with E-state index in [9.17, 15) is 19.2 Å². The van der Waals surface area contributed by atoms with E-state index in [2.05, 4.69) is 15.6 Å². The third-order valence-corrected chi connectivity index (χ3v) is 8.64. The summed E-state index contributed by atoms with van der Waals surface area (Å²) in [5.41, 5.74) is 6.70. The van der Waals surface area contributed by atoms with E-state index in [0.717, 1.165) is 49.4 Å². The van der Waals surface area contributed by atoms with Crippen LogP contribution in [0, 0.1) is 11.3 Å². The van der Waals surface area contributed by atoms with Crippen LogP contribution in [0.25, 0.3) is 10.9 Å². The molecular weight excluding hydrogens is 486 g/mol. The number of likely N-dealkylation sites (tertiary alicyclic amines) is 1. The molecule has 3 heterocycles. The average Bonchev–Trinajstić information content (AvgIpc) is 3.51. The number of ether oxygens (including phenoxy) is 1. The molecule has 2 aliphatic heterocycles. The molecule has 1 unspecified atom stereocenters. The number of carbonyl (C=O) groups excluding carboxylic acids is 4. The first-order valence-electron chi connectivity index (χ1n) is 13.6. The highest BCUT2D eigenvalue weighted by Gasteiger charge is 2.49. The molecule has 1 aromatic carbocycles. The van der Waals surface area contributed by atoms with Gasteiger partial charge in [-0.3, -0.25) is 19.2 Å². The van der Waals surface area contributed by atoms with Gasteiger partial charge in [0, 0.05) is 29.9 Å². The number of rotatable bonds is 7. The van der Waals surface area contributed by atoms with Gasteiger partial charge in [-0.1, -0.05) is 25.3 Å². The number of nitrogens with one attached hydrogen (secondary N) is 3. The summed E-state index contributed by atoms with van der Waals surface area (Å²) in [4.78, 5) is 57.0. The number of aromatic nitrogens is 1. The molecule has 1 aliphatic carbocycles. The van der Waals surface area contributed by atoms with Gasteiger partial charge >= 0.3 is 0 Å². The fourth-order valence-electron chi connectivity index (χ4n) is 6.60. The van der Waals surface area contributed by atoms with Gasteiger partial charge in [-0.25, -0.2) is 0 Å². The summed E-state index contributed by atoms with van der Waals surface area (Å²) >= 11 is 0. The number of primary amides is 1. The number of amides is 4. The lowest BCUT2D eigenvalue weighted by Crippen LogP contribution is -2.53. The normalized spacial score (nSPS) is 23.7. The van der Waals surface area contributed by atoms with Crippen molar-refractivity contribution in [2.75, 3.05) is 20.2 Å². The maximum absolute atomic E-state index is 13.9. The van der Waals surface area contributed by atoms with Gasteiger partial charge in [0.15, 0.2) is 0 Å². The summed E-state index contributed by atoms with van der Waals surface area (Å²) < 4.78 is 5.45. The van der Waals surface area contributed by atoms with Gasteiger partial charge in [0.2, 0.25) is 17.7 Å². The molecule has 204 valence electrons. The molecule has 5 N–H and O–H groups in total. The zero-order valence-corrected chi connectivity index (χ0v) is 21.9. The van der Waals surface area contributed by atoms with Crippen molar-refractivity contribution in [2.45, 2.75) is 69.9 Å². The van der Waals surface area contributed by atoms with E-state index in [1.807, 2.05) is 18.2 Å². The number of aromatic amines is 1. The molecule has 3 atom stereocenters. The maximum Gasteiger partial charge on any atom is 0.271 e. The molecule has 1 spiro atoms. The monoisotopic (exact) mass is 523 g/mol. The van der Waals surface area contributed by atoms with Crippen LogP contribution in [0.1, 0.15) is 68.3 Å². The van der Waals surface area contributed by atoms with Crippen LogP contribution in [-0.2, 0) is 14.4 Å². The zero-order chi connectivity index (χ0) is 26.9. The largest absolute Gasteiger partial charge is 0.496 e. The Hall–Kier alpha value is -3.56. The Morgan fingerprint density at radius 2 is 2.00 bits per heavy atom. The first-order valence-corrected chi connectivity index (χ1v) is 13.6. The zero-order valence-electron chi connectivity index (χ0n) is 21.9. The molecule has 2 saturated heterocycles. The number of fused-ring (bicyclic) bond motifs is 1. The lowest BCUT2D eigenvalue weighted by molar-refractivity contribution is -0.132. The van der Waals surface area contributed by atoms with Crippen LogP contribution in [0.4, 0.5) is 0 Å². The number of hydrogen-bond acceptors (Lipinski definition) is 5. The summed E-state index contributed by atoms with van der Waals surface area (Å²) in [6.07, 6.45) is 7.38. The van der Waals surface area contributed by atoms with Crippen molar-refractivity contribution in [2.24, 2.45) is 17.1 Å². The molecule has 0 radical (unpaired) electrons. The van der Waals surface area contributed by atoms with Crippen molar-refractivity contribution in [3.05, 3.63) is 30.0 Å². The van der Waals surface area contributed by atoms with Gasteiger partial charge in [-0.2, -0.15) is 0 Å². The second kappa shape index (κ2) is 10.7. The highest BCUT2D eigenvalue weighted by atomic mass is 16.5. The van der Waals surface area contributed by atoms with Crippen LogP contribution < -0.4 is 21.1 Å². The Balaban J connectivity index is 1.39. The SMILES string of the molecule is COc1cccc2[nH]c(C(=O)N3CC4(CCCCC4)CC3C(=O)N[C@@H](C[C@@H]3CCCNC3=O)C(N)=O)cc12. The second-order valence-electron chi connectivity index (χ2n) is 11.1. The average molecular weight is 524 g/mol. The van der Waals surface area contributed by atoms with E-state index < -0.39 is 23.9 Å². The van der Waals surface area contributed by atoms with E-state index in [0.29, 0.717) is 37.4 Å². The van der Waals surface area contributed by atoms with Crippen LogP contribution in [0.15, 0.2) is 24.3 Å². The van der Waals surface area contributed by atoms with Crippen molar-refractivity contribution in [3.8, 4) is 5.75 Å². The van der Waals surface area contributed by atoms with E-state index in [1.54, 1.807) is 18.1 Å². The van der Waals surface area contributed by atoms with E-state index in [1.165, 1.54) is 0 Å². The molecule has 3 aliphatic rings. The third kappa shape index (κ3) is 5.08. The Kier molecular flexibility index (Phi) is 7.32. The minimum Gasteiger partial charge on any atom is -0.496 e. The molecule has 10 nitrogen and oxygen atoms in total. The molecule has 1 aromatic heterocycles. The van der Waals surface area contributed by atoms with E-state index in [4.69, 9.17) is 10.5 Å².